The fraction of sp³-hybridized carbons (Fsp3) is 0.545. The van der Waals surface area contributed by atoms with E-state index >= 15 is 0 Å². The van der Waals surface area contributed by atoms with E-state index in [2.05, 4.69) is 15.4 Å². The number of hydrogen-bond acceptors (Lipinski definition) is 5. The first-order valence-electron chi connectivity index (χ1n) is 10.3. The fourth-order valence-corrected chi connectivity index (χ4v) is 4.02. The van der Waals surface area contributed by atoms with Crippen LogP contribution >= 0.6 is 0 Å². The van der Waals surface area contributed by atoms with Crippen molar-refractivity contribution in [2.75, 3.05) is 20.3 Å². The molecule has 0 aromatic carbocycles. The molecule has 1 fully saturated rings. The van der Waals surface area contributed by atoms with Gasteiger partial charge in [0.15, 0.2) is 0 Å². The molecule has 1 saturated heterocycles. The minimum absolute atomic E-state index is 0.0504. The van der Waals surface area contributed by atoms with Crippen molar-refractivity contribution in [1.82, 2.24) is 25.0 Å². The lowest BCUT2D eigenvalue weighted by Gasteiger charge is -2.38. The van der Waals surface area contributed by atoms with Gasteiger partial charge in [-0.1, -0.05) is 6.07 Å². The molecule has 8 nitrogen and oxygen atoms in total. The molecule has 0 radical (unpaired) electrons. The molecule has 2 atom stereocenters. The summed E-state index contributed by atoms with van der Waals surface area (Å²) in [5.74, 6) is -0.189. The van der Waals surface area contributed by atoms with Gasteiger partial charge in [0.25, 0.3) is 5.91 Å². The maximum Gasteiger partial charge on any atom is 0.269 e. The van der Waals surface area contributed by atoms with Gasteiger partial charge in [0.2, 0.25) is 5.91 Å². The number of aromatic nitrogens is 3. The summed E-state index contributed by atoms with van der Waals surface area (Å²) in [5.41, 5.74) is 1.81. The number of amides is 2. The number of carbonyl (C=O) groups excluding carboxylic acids is 2. The van der Waals surface area contributed by atoms with Crippen molar-refractivity contribution in [3.63, 3.8) is 0 Å². The first-order chi connectivity index (χ1) is 14.2. The third-order valence-corrected chi connectivity index (χ3v) is 5.32. The van der Waals surface area contributed by atoms with Crippen molar-refractivity contribution in [1.29, 1.82) is 0 Å². The zero-order valence-corrected chi connectivity index (χ0v) is 18.4. The Morgan fingerprint density at radius 3 is 2.77 bits per heavy atom. The number of likely N-dealkylation sites (tertiary alicyclic amines) is 1. The van der Waals surface area contributed by atoms with Crippen molar-refractivity contribution >= 4 is 11.8 Å². The van der Waals surface area contributed by atoms with E-state index in [0.29, 0.717) is 31.8 Å². The van der Waals surface area contributed by atoms with Gasteiger partial charge in [0, 0.05) is 49.0 Å². The Kier molecular flexibility index (Phi) is 6.55. The molecule has 3 rings (SSSR count). The number of pyridine rings is 1. The van der Waals surface area contributed by atoms with Gasteiger partial charge in [-0.2, -0.15) is 5.10 Å². The van der Waals surface area contributed by atoms with E-state index in [1.165, 1.54) is 0 Å². The van der Waals surface area contributed by atoms with Gasteiger partial charge in [-0.05, 0) is 39.8 Å². The first kappa shape index (κ1) is 22.0. The first-order valence-corrected chi connectivity index (χ1v) is 10.3. The van der Waals surface area contributed by atoms with Gasteiger partial charge in [-0.25, -0.2) is 4.98 Å². The minimum atomic E-state index is -0.340. The molecule has 2 aromatic heterocycles. The van der Waals surface area contributed by atoms with Crippen molar-refractivity contribution < 1.29 is 14.3 Å². The standard InChI is InChI=1S/C22H31N5O3/c1-15-7-6-8-18(25-15)21(29)23-12-16-11-19(28)27(22(2,3)4)20(16)17-13-24-26(14-17)9-10-30-5/h6-8,13-14,16,20H,9-12H2,1-5H3,(H,23,29)/t16-,20+/m0/s1. The monoisotopic (exact) mass is 413 g/mol. The Balaban J connectivity index is 1.80. The smallest absolute Gasteiger partial charge is 0.269 e. The largest absolute Gasteiger partial charge is 0.383 e. The zero-order chi connectivity index (χ0) is 21.9. The van der Waals surface area contributed by atoms with Crippen molar-refractivity contribution in [3.05, 3.63) is 47.5 Å². The SMILES string of the molecule is COCCn1cc([C@H]2[C@H](CNC(=O)c3cccc(C)n3)CC(=O)N2C(C)(C)C)cn1. The van der Waals surface area contributed by atoms with E-state index in [4.69, 9.17) is 4.74 Å². The molecule has 0 unspecified atom stereocenters. The van der Waals surface area contributed by atoms with Gasteiger partial charge < -0.3 is 15.0 Å². The molecular formula is C22H31N5O3. The van der Waals surface area contributed by atoms with Crippen LogP contribution in [0.1, 0.15) is 55.0 Å². The van der Waals surface area contributed by atoms with Crippen LogP contribution in [0.5, 0.6) is 0 Å². The predicted molar refractivity (Wildman–Crippen MR) is 113 cm³/mol. The molecule has 162 valence electrons. The number of carbonyl (C=O) groups is 2. The lowest BCUT2D eigenvalue weighted by atomic mass is 9.93. The van der Waals surface area contributed by atoms with E-state index in [1.807, 2.05) is 61.8 Å². The summed E-state index contributed by atoms with van der Waals surface area (Å²) in [5, 5.41) is 7.40. The topological polar surface area (TPSA) is 89.3 Å². The molecule has 8 heteroatoms. The number of ether oxygens (including phenoxy) is 1. The summed E-state index contributed by atoms with van der Waals surface area (Å²) < 4.78 is 6.96. The summed E-state index contributed by atoms with van der Waals surface area (Å²) in [4.78, 5) is 31.7. The molecule has 0 spiro atoms. The van der Waals surface area contributed by atoms with E-state index in [-0.39, 0.29) is 29.3 Å². The lowest BCUT2D eigenvalue weighted by Crippen LogP contribution is -2.44. The maximum absolute atomic E-state index is 12.9. The van der Waals surface area contributed by atoms with Gasteiger partial charge >= 0.3 is 0 Å². The lowest BCUT2D eigenvalue weighted by molar-refractivity contribution is -0.133. The second-order valence-electron chi connectivity index (χ2n) is 8.75. The molecule has 2 amide bonds. The highest BCUT2D eigenvalue weighted by Gasteiger charge is 2.45. The van der Waals surface area contributed by atoms with E-state index in [9.17, 15) is 9.59 Å². The van der Waals surface area contributed by atoms with Crippen molar-refractivity contribution in [2.45, 2.75) is 52.2 Å². The quantitative estimate of drug-likeness (QED) is 0.753. The van der Waals surface area contributed by atoms with Crippen LogP contribution < -0.4 is 5.32 Å². The van der Waals surface area contributed by atoms with E-state index in [1.54, 1.807) is 13.2 Å². The maximum atomic E-state index is 12.9. The highest BCUT2D eigenvalue weighted by molar-refractivity contribution is 5.92. The third-order valence-electron chi connectivity index (χ3n) is 5.32. The Labute approximate surface area is 177 Å². The predicted octanol–water partition coefficient (Wildman–Crippen LogP) is 2.35. The van der Waals surface area contributed by atoms with E-state index in [0.717, 1.165) is 11.3 Å². The number of aryl methyl sites for hydroxylation is 1. The van der Waals surface area contributed by atoms with Crippen molar-refractivity contribution in [3.8, 4) is 0 Å². The Bertz CT molecular complexity index is 902. The van der Waals surface area contributed by atoms with Crippen LogP contribution in [0.4, 0.5) is 0 Å². The van der Waals surface area contributed by atoms with Crippen LogP contribution in [0, 0.1) is 12.8 Å². The molecule has 2 aromatic rings. The van der Waals surface area contributed by atoms with Crippen molar-refractivity contribution in [2.24, 2.45) is 5.92 Å². The number of hydrogen-bond donors (Lipinski definition) is 1. The summed E-state index contributed by atoms with van der Waals surface area (Å²) in [7, 11) is 1.66. The van der Waals surface area contributed by atoms with Gasteiger partial charge in [-0.15, -0.1) is 0 Å². The summed E-state index contributed by atoms with van der Waals surface area (Å²) in [6, 6.07) is 5.21. The molecule has 30 heavy (non-hydrogen) atoms. The molecule has 1 aliphatic heterocycles. The number of nitrogens with one attached hydrogen (secondary N) is 1. The van der Waals surface area contributed by atoms with Crippen LogP contribution in [-0.2, 0) is 16.1 Å². The average molecular weight is 414 g/mol. The van der Waals surface area contributed by atoms with Crippen LogP contribution in [0.25, 0.3) is 0 Å². The number of rotatable bonds is 7. The van der Waals surface area contributed by atoms with Gasteiger partial charge in [0.1, 0.15) is 5.69 Å². The molecule has 0 aliphatic carbocycles. The highest BCUT2D eigenvalue weighted by atomic mass is 16.5. The van der Waals surface area contributed by atoms with E-state index < -0.39 is 0 Å². The van der Waals surface area contributed by atoms with Gasteiger partial charge in [-0.3, -0.25) is 14.3 Å². The Morgan fingerprint density at radius 2 is 2.10 bits per heavy atom. The molecular weight excluding hydrogens is 382 g/mol. The molecule has 1 aliphatic rings. The highest BCUT2D eigenvalue weighted by Crippen LogP contribution is 2.42. The third kappa shape index (κ3) is 4.87. The van der Waals surface area contributed by atoms with Crippen LogP contribution in [0.2, 0.25) is 0 Å². The summed E-state index contributed by atoms with van der Waals surface area (Å²) in [6.45, 7) is 9.55. The molecule has 3 heterocycles. The number of methoxy groups -OCH3 is 1. The minimum Gasteiger partial charge on any atom is -0.383 e. The Hall–Kier alpha value is -2.74. The van der Waals surface area contributed by atoms with Gasteiger partial charge in [0.05, 0.1) is 25.4 Å². The van der Waals surface area contributed by atoms with Crippen LogP contribution in [0.15, 0.2) is 30.6 Å². The molecule has 0 saturated carbocycles. The average Bonchev–Trinajstić information content (AvgIpc) is 3.27. The normalized spacial score (nSPS) is 19.4. The Morgan fingerprint density at radius 1 is 1.33 bits per heavy atom. The molecule has 1 N–H and O–H groups in total. The number of nitrogens with zero attached hydrogens (tertiary/aromatic N) is 4. The van der Waals surface area contributed by atoms with Crippen LogP contribution in [-0.4, -0.2) is 57.3 Å². The summed E-state index contributed by atoms with van der Waals surface area (Å²) in [6.07, 6.45) is 4.17. The van der Waals surface area contributed by atoms with Crippen LogP contribution in [0.3, 0.4) is 0 Å². The fourth-order valence-electron chi connectivity index (χ4n) is 4.02. The zero-order valence-electron chi connectivity index (χ0n) is 18.4. The second kappa shape index (κ2) is 8.95. The summed E-state index contributed by atoms with van der Waals surface area (Å²) >= 11 is 0. The molecule has 0 bridgehead atoms. The second-order valence-corrected chi connectivity index (χ2v) is 8.75.